The number of aliphatic carboxylic acids is 1. The van der Waals surface area contributed by atoms with Gasteiger partial charge in [0.15, 0.2) is 0 Å². The highest BCUT2D eigenvalue weighted by molar-refractivity contribution is 5.78. The lowest BCUT2D eigenvalue weighted by atomic mass is 9.88. The Labute approximate surface area is 112 Å². The first kappa shape index (κ1) is 13.8. The third-order valence-electron chi connectivity index (χ3n) is 4.01. The summed E-state index contributed by atoms with van der Waals surface area (Å²) in [5.74, 6) is -0.771. The van der Waals surface area contributed by atoms with Crippen molar-refractivity contribution in [3.8, 4) is 0 Å². The van der Waals surface area contributed by atoms with Gasteiger partial charge in [-0.3, -0.25) is 14.5 Å². The Morgan fingerprint density at radius 2 is 2.16 bits per heavy atom. The van der Waals surface area contributed by atoms with Gasteiger partial charge in [-0.25, -0.2) is 0 Å². The van der Waals surface area contributed by atoms with Crippen LogP contribution in [0, 0.1) is 0 Å². The second-order valence-electron chi connectivity index (χ2n) is 5.26. The van der Waals surface area contributed by atoms with E-state index in [1.165, 1.54) is 6.07 Å². The zero-order valence-corrected chi connectivity index (χ0v) is 11.2. The first-order valence-electron chi connectivity index (χ1n) is 6.68. The largest absolute Gasteiger partial charge is 0.480 e. The molecule has 0 radical (unpaired) electrons. The van der Waals surface area contributed by atoms with Crippen molar-refractivity contribution in [1.82, 2.24) is 9.47 Å². The Bertz CT molecular complexity index is 511. The van der Waals surface area contributed by atoms with Crippen LogP contribution in [-0.4, -0.2) is 39.2 Å². The van der Waals surface area contributed by atoms with Crippen molar-refractivity contribution >= 4 is 5.97 Å². The van der Waals surface area contributed by atoms with Crippen LogP contribution < -0.4 is 5.56 Å². The van der Waals surface area contributed by atoms with Crippen LogP contribution in [0.1, 0.15) is 26.2 Å². The van der Waals surface area contributed by atoms with Gasteiger partial charge in [-0.15, -0.1) is 0 Å². The van der Waals surface area contributed by atoms with Gasteiger partial charge in [0.05, 0.1) is 0 Å². The van der Waals surface area contributed by atoms with Gasteiger partial charge in [-0.05, 0) is 38.8 Å². The summed E-state index contributed by atoms with van der Waals surface area (Å²) in [5, 5.41) is 9.41. The molecule has 1 atom stereocenters. The highest BCUT2D eigenvalue weighted by Crippen LogP contribution is 2.27. The van der Waals surface area contributed by atoms with Crippen LogP contribution in [0.3, 0.4) is 0 Å². The Balaban J connectivity index is 2.07. The maximum Gasteiger partial charge on any atom is 0.323 e. The van der Waals surface area contributed by atoms with Crippen molar-refractivity contribution in [3.63, 3.8) is 0 Å². The first-order chi connectivity index (χ1) is 9.04. The molecule has 19 heavy (non-hydrogen) atoms. The van der Waals surface area contributed by atoms with Crippen LogP contribution in [0.5, 0.6) is 0 Å². The van der Waals surface area contributed by atoms with Gasteiger partial charge in [0, 0.05) is 25.4 Å². The zero-order chi connectivity index (χ0) is 13.9. The average Bonchev–Trinajstić information content (AvgIpc) is 2.39. The van der Waals surface area contributed by atoms with Crippen LogP contribution in [0.15, 0.2) is 29.2 Å². The minimum atomic E-state index is -0.795. The van der Waals surface area contributed by atoms with E-state index in [1.807, 2.05) is 11.0 Å². The molecule has 5 nitrogen and oxygen atoms in total. The van der Waals surface area contributed by atoms with Gasteiger partial charge < -0.3 is 9.67 Å². The molecule has 1 aliphatic heterocycles. The molecule has 0 bridgehead atoms. The molecule has 5 heteroatoms. The average molecular weight is 264 g/mol. The maximum absolute atomic E-state index is 11.6. The van der Waals surface area contributed by atoms with Gasteiger partial charge >= 0.3 is 5.97 Å². The number of carbonyl (C=O) groups is 1. The Morgan fingerprint density at radius 3 is 2.84 bits per heavy atom. The Kier molecular flexibility index (Phi) is 4.04. The number of nitrogens with zero attached hydrogens (tertiary/aromatic N) is 2. The van der Waals surface area contributed by atoms with Crippen LogP contribution in [0.2, 0.25) is 0 Å². The molecule has 0 spiro atoms. The first-order valence-corrected chi connectivity index (χ1v) is 6.68. The molecule has 1 aromatic rings. The Hall–Kier alpha value is -1.62. The number of rotatable bonds is 4. The third-order valence-corrected chi connectivity index (χ3v) is 4.01. The van der Waals surface area contributed by atoms with E-state index in [-0.39, 0.29) is 5.56 Å². The maximum atomic E-state index is 11.6. The van der Waals surface area contributed by atoms with Crippen LogP contribution in [0.25, 0.3) is 0 Å². The van der Waals surface area contributed by atoms with E-state index in [0.29, 0.717) is 19.5 Å². The molecule has 1 N–H and O–H groups in total. The highest BCUT2D eigenvalue weighted by Gasteiger charge is 2.40. The summed E-state index contributed by atoms with van der Waals surface area (Å²) in [6.07, 6.45) is 4.38. The standard InChI is InChI=1S/C14H20N2O3/c1-14(13(18)19)7-3-5-9-16(14)11-10-15-8-4-2-6-12(15)17/h2,4,6,8H,3,5,7,9-11H2,1H3,(H,18,19). The fourth-order valence-electron chi connectivity index (χ4n) is 2.65. The van der Waals surface area contributed by atoms with E-state index >= 15 is 0 Å². The number of piperidine rings is 1. The van der Waals surface area contributed by atoms with Crippen molar-refractivity contribution in [3.05, 3.63) is 34.7 Å². The molecule has 0 saturated carbocycles. The number of hydrogen-bond acceptors (Lipinski definition) is 3. The monoisotopic (exact) mass is 264 g/mol. The third kappa shape index (κ3) is 2.87. The fraction of sp³-hybridized carbons (Fsp3) is 0.571. The quantitative estimate of drug-likeness (QED) is 0.887. The minimum absolute atomic E-state index is 0.0449. The van der Waals surface area contributed by atoms with Crippen LogP contribution in [0.4, 0.5) is 0 Å². The Morgan fingerprint density at radius 1 is 1.37 bits per heavy atom. The van der Waals surface area contributed by atoms with Crippen molar-refractivity contribution in [2.45, 2.75) is 38.3 Å². The number of aromatic nitrogens is 1. The molecule has 1 aliphatic rings. The second kappa shape index (κ2) is 5.57. The highest BCUT2D eigenvalue weighted by atomic mass is 16.4. The van der Waals surface area contributed by atoms with E-state index in [2.05, 4.69) is 0 Å². The van der Waals surface area contributed by atoms with Crippen LogP contribution in [-0.2, 0) is 11.3 Å². The summed E-state index contributed by atoms with van der Waals surface area (Å²) in [6, 6.07) is 5.04. The van der Waals surface area contributed by atoms with Crippen molar-refractivity contribution < 1.29 is 9.90 Å². The normalized spacial score (nSPS) is 24.3. The SMILES string of the molecule is CC1(C(=O)O)CCCCN1CCn1ccccc1=O. The molecule has 2 rings (SSSR count). The van der Waals surface area contributed by atoms with Gasteiger partial charge in [0.1, 0.15) is 5.54 Å². The van der Waals surface area contributed by atoms with E-state index in [1.54, 1.807) is 23.8 Å². The smallest absolute Gasteiger partial charge is 0.323 e. The molecule has 0 aliphatic carbocycles. The topological polar surface area (TPSA) is 62.5 Å². The molecule has 1 unspecified atom stereocenters. The summed E-state index contributed by atoms with van der Waals surface area (Å²) in [7, 11) is 0. The molecule has 1 saturated heterocycles. The van der Waals surface area contributed by atoms with Crippen molar-refractivity contribution in [1.29, 1.82) is 0 Å². The number of likely N-dealkylation sites (tertiary alicyclic amines) is 1. The predicted molar refractivity (Wildman–Crippen MR) is 72.2 cm³/mol. The lowest BCUT2D eigenvalue weighted by Crippen LogP contribution is -2.56. The van der Waals surface area contributed by atoms with E-state index in [9.17, 15) is 14.7 Å². The number of pyridine rings is 1. The number of hydrogen-bond donors (Lipinski definition) is 1. The van der Waals surface area contributed by atoms with Gasteiger partial charge in [-0.2, -0.15) is 0 Å². The van der Waals surface area contributed by atoms with Gasteiger partial charge in [0.2, 0.25) is 0 Å². The molecule has 0 aromatic carbocycles. The molecule has 1 fully saturated rings. The predicted octanol–water partition coefficient (Wildman–Crippen LogP) is 1.18. The molecule has 2 heterocycles. The molecule has 0 amide bonds. The van der Waals surface area contributed by atoms with E-state index in [0.717, 1.165) is 19.4 Å². The number of carboxylic acids is 1. The zero-order valence-electron chi connectivity index (χ0n) is 11.2. The second-order valence-corrected chi connectivity index (χ2v) is 5.26. The summed E-state index contributed by atoms with van der Waals surface area (Å²) in [5.41, 5.74) is -0.840. The lowest BCUT2D eigenvalue weighted by Gasteiger charge is -2.41. The summed E-state index contributed by atoms with van der Waals surface area (Å²) >= 11 is 0. The molecule has 104 valence electrons. The minimum Gasteiger partial charge on any atom is -0.480 e. The molecular formula is C14H20N2O3. The van der Waals surface area contributed by atoms with Gasteiger partial charge in [-0.1, -0.05) is 6.07 Å². The molecule has 1 aromatic heterocycles. The van der Waals surface area contributed by atoms with Crippen molar-refractivity contribution in [2.75, 3.05) is 13.1 Å². The van der Waals surface area contributed by atoms with Crippen molar-refractivity contribution in [2.24, 2.45) is 0 Å². The summed E-state index contributed by atoms with van der Waals surface area (Å²) in [4.78, 5) is 25.1. The number of carboxylic acid groups (broad SMARTS) is 1. The summed E-state index contributed by atoms with van der Waals surface area (Å²) < 4.78 is 1.62. The molecular weight excluding hydrogens is 244 g/mol. The van der Waals surface area contributed by atoms with E-state index < -0.39 is 11.5 Å². The fourth-order valence-corrected chi connectivity index (χ4v) is 2.65. The summed E-state index contributed by atoms with van der Waals surface area (Å²) in [6.45, 7) is 3.68. The lowest BCUT2D eigenvalue weighted by molar-refractivity contribution is -0.153. The van der Waals surface area contributed by atoms with Gasteiger partial charge in [0.25, 0.3) is 5.56 Å². The van der Waals surface area contributed by atoms with E-state index in [4.69, 9.17) is 0 Å². The van der Waals surface area contributed by atoms with Crippen LogP contribution >= 0.6 is 0 Å².